The third-order valence-corrected chi connectivity index (χ3v) is 3.21. The second-order valence-corrected chi connectivity index (χ2v) is 4.66. The molecule has 1 aromatic rings. The monoisotopic (exact) mass is 306 g/mol. The molecule has 0 fully saturated rings. The fourth-order valence-corrected chi connectivity index (χ4v) is 1.77. The zero-order chi connectivity index (χ0) is 13.7. The predicted octanol–water partition coefficient (Wildman–Crippen LogP) is 2.12. The van der Waals surface area contributed by atoms with E-state index in [-0.39, 0.29) is 30.8 Å². The number of nitrogens with zero attached hydrogens (tertiary/aromatic N) is 1. The van der Waals surface area contributed by atoms with Crippen LogP contribution >= 0.6 is 24.0 Å². The van der Waals surface area contributed by atoms with Crippen molar-refractivity contribution >= 4 is 29.9 Å². The number of amides is 1. The van der Waals surface area contributed by atoms with E-state index in [0.29, 0.717) is 17.3 Å². The molecule has 1 atom stereocenters. The molecule has 1 unspecified atom stereocenters. The van der Waals surface area contributed by atoms with Crippen LogP contribution in [-0.4, -0.2) is 37.6 Å². The van der Waals surface area contributed by atoms with Crippen molar-refractivity contribution in [1.82, 2.24) is 4.90 Å². The maximum absolute atomic E-state index is 12.1. The van der Waals surface area contributed by atoms with Crippen LogP contribution in [-0.2, 0) is 11.2 Å². The molecule has 0 saturated carbocycles. The topological polar surface area (TPSA) is 55.6 Å². The second kappa shape index (κ2) is 8.25. The minimum atomic E-state index is -0.00600. The van der Waals surface area contributed by atoms with Gasteiger partial charge in [0.15, 0.2) is 0 Å². The number of hydrogen-bond donors (Lipinski definition) is 1. The summed E-state index contributed by atoms with van der Waals surface area (Å²) >= 11 is 5.93. The van der Waals surface area contributed by atoms with Crippen molar-refractivity contribution in [2.75, 3.05) is 20.7 Å². The molecule has 0 saturated heterocycles. The van der Waals surface area contributed by atoms with Gasteiger partial charge in [-0.05, 0) is 25.1 Å². The van der Waals surface area contributed by atoms with Gasteiger partial charge in [-0.15, -0.1) is 12.4 Å². The summed E-state index contributed by atoms with van der Waals surface area (Å²) < 4.78 is 5.21. The SMILES string of the molecule is COc1ccc(Cl)cc1CC(=O)N(C)C(C)CN.Cl. The number of benzene rings is 1. The van der Waals surface area contributed by atoms with Gasteiger partial charge in [-0.1, -0.05) is 11.6 Å². The largest absolute Gasteiger partial charge is 0.496 e. The van der Waals surface area contributed by atoms with E-state index in [2.05, 4.69) is 0 Å². The highest BCUT2D eigenvalue weighted by Gasteiger charge is 2.16. The number of methoxy groups -OCH3 is 1. The van der Waals surface area contributed by atoms with Crippen LogP contribution in [0.1, 0.15) is 12.5 Å². The van der Waals surface area contributed by atoms with Crippen molar-refractivity contribution < 1.29 is 9.53 Å². The summed E-state index contributed by atoms with van der Waals surface area (Å²) in [7, 11) is 3.32. The molecule has 0 aliphatic rings. The van der Waals surface area contributed by atoms with Crippen molar-refractivity contribution in [2.45, 2.75) is 19.4 Å². The first-order chi connectivity index (χ1) is 8.49. The quantitative estimate of drug-likeness (QED) is 0.906. The lowest BCUT2D eigenvalue weighted by atomic mass is 10.1. The van der Waals surface area contributed by atoms with Crippen LogP contribution in [0.3, 0.4) is 0 Å². The third-order valence-electron chi connectivity index (χ3n) is 2.98. The summed E-state index contributed by atoms with van der Waals surface area (Å²) in [6, 6.07) is 5.26. The number of rotatable bonds is 5. The molecule has 4 nitrogen and oxygen atoms in total. The number of halogens is 2. The molecular formula is C13H20Cl2N2O2. The summed E-state index contributed by atoms with van der Waals surface area (Å²) in [6.45, 7) is 2.35. The van der Waals surface area contributed by atoms with Crippen molar-refractivity contribution in [3.05, 3.63) is 28.8 Å². The summed E-state index contributed by atoms with van der Waals surface area (Å²) in [5, 5.41) is 0.591. The molecule has 0 heterocycles. The highest BCUT2D eigenvalue weighted by molar-refractivity contribution is 6.30. The van der Waals surface area contributed by atoms with E-state index in [4.69, 9.17) is 22.1 Å². The van der Waals surface area contributed by atoms with Crippen LogP contribution in [0, 0.1) is 0 Å². The van der Waals surface area contributed by atoms with Crippen molar-refractivity contribution in [2.24, 2.45) is 5.73 Å². The lowest BCUT2D eigenvalue weighted by Gasteiger charge is -2.24. The van der Waals surface area contributed by atoms with E-state index in [1.807, 2.05) is 6.92 Å². The molecule has 2 N–H and O–H groups in total. The average Bonchev–Trinajstić information content (AvgIpc) is 2.37. The summed E-state index contributed by atoms with van der Waals surface area (Å²) in [5.74, 6) is 0.662. The molecule has 0 aliphatic carbocycles. The normalized spacial score (nSPS) is 11.4. The van der Waals surface area contributed by atoms with Crippen LogP contribution in [0.15, 0.2) is 18.2 Å². The molecule has 0 bridgehead atoms. The maximum Gasteiger partial charge on any atom is 0.227 e. The zero-order valence-corrected chi connectivity index (χ0v) is 12.9. The molecule has 0 spiro atoms. The Labute approximate surface area is 125 Å². The van der Waals surface area contributed by atoms with Gasteiger partial charge in [0.2, 0.25) is 5.91 Å². The Balaban J connectivity index is 0.00000324. The molecule has 1 amide bonds. The first kappa shape index (κ1) is 18.0. The fraction of sp³-hybridized carbons (Fsp3) is 0.462. The van der Waals surface area contributed by atoms with E-state index in [9.17, 15) is 4.79 Å². The first-order valence-corrected chi connectivity index (χ1v) is 6.15. The number of hydrogen-bond acceptors (Lipinski definition) is 3. The van der Waals surface area contributed by atoms with Crippen molar-refractivity contribution in [1.29, 1.82) is 0 Å². The van der Waals surface area contributed by atoms with E-state index in [1.165, 1.54) is 0 Å². The number of ether oxygens (including phenoxy) is 1. The van der Waals surface area contributed by atoms with Gasteiger partial charge in [-0.25, -0.2) is 0 Å². The molecule has 6 heteroatoms. The molecule has 1 rings (SSSR count). The lowest BCUT2D eigenvalue weighted by molar-refractivity contribution is -0.130. The Bertz CT molecular complexity index is 427. The van der Waals surface area contributed by atoms with Crippen LogP contribution in [0.5, 0.6) is 5.75 Å². The Kier molecular flexibility index (Phi) is 7.83. The Morgan fingerprint density at radius 1 is 1.53 bits per heavy atom. The van der Waals surface area contributed by atoms with Gasteiger partial charge in [0, 0.05) is 30.2 Å². The summed E-state index contributed by atoms with van der Waals surface area (Å²) in [5.41, 5.74) is 6.33. The predicted molar refractivity (Wildman–Crippen MR) is 80.2 cm³/mol. The van der Waals surface area contributed by atoms with E-state index in [0.717, 1.165) is 5.56 Å². The van der Waals surface area contributed by atoms with Gasteiger partial charge in [-0.2, -0.15) is 0 Å². The average molecular weight is 307 g/mol. The summed E-state index contributed by atoms with van der Waals surface area (Å²) in [6.07, 6.45) is 0.255. The number of nitrogens with two attached hydrogens (primary N) is 1. The van der Waals surface area contributed by atoms with Crippen molar-refractivity contribution in [3.63, 3.8) is 0 Å². The Morgan fingerprint density at radius 2 is 2.16 bits per heavy atom. The molecule has 0 aliphatic heterocycles. The smallest absolute Gasteiger partial charge is 0.227 e. The second-order valence-electron chi connectivity index (χ2n) is 4.22. The van der Waals surface area contributed by atoms with Crippen molar-refractivity contribution in [3.8, 4) is 5.75 Å². The molecule has 19 heavy (non-hydrogen) atoms. The van der Waals surface area contributed by atoms with Crippen LogP contribution in [0.4, 0.5) is 0 Å². The lowest BCUT2D eigenvalue weighted by Crippen LogP contribution is -2.40. The van der Waals surface area contributed by atoms with Crippen LogP contribution < -0.4 is 10.5 Å². The van der Waals surface area contributed by atoms with Gasteiger partial charge in [0.25, 0.3) is 0 Å². The van der Waals surface area contributed by atoms with Gasteiger partial charge >= 0.3 is 0 Å². The number of likely N-dealkylation sites (N-methyl/N-ethyl adjacent to an activating group) is 1. The van der Waals surface area contributed by atoms with Gasteiger partial charge in [0.1, 0.15) is 5.75 Å². The molecular weight excluding hydrogens is 287 g/mol. The molecule has 1 aromatic carbocycles. The maximum atomic E-state index is 12.1. The standard InChI is InChI=1S/C13H19ClN2O2.ClH/c1-9(8-15)16(2)13(17)7-10-6-11(14)4-5-12(10)18-3;/h4-6,9H,7-8,15H2,1-3H3;1H. The number of carbonyl (C=O) groups is 1. The molecule has 108 valence electrons. The van der Waals surface area contributed by atoms with E-state index >= 15 is 0 Å². The first-order valence-electron chi connectivity index (χ1n) is 5.77. The van der Waals surface area contributed by atoms with E-state index < -0.39 is 0 Å². The minimum Gasteiger partial charge on any atom is -0.496 e. The fourth-order valence-electron chi connectivity index (χ4n) is 1.58. The minimum absolute atomic E-state index is 0. The molecule has 0 aromatic heterocycles. The number of carbonyl (C=O) groups excluding carboxylic acids is 1. The third kappa shape index (κ3) is 4.90. The van der Waals surface area contributed by atoms with E-state index in [1.54, 1.807) is 37.3 Å². The zero-order valence-electron chi connectivity index (χ0n) is 11.4. The van der Waals surface area contributed by atoms with Gasteiger partial charge in [-0.3, -0.25) is 4.79 Å². The van der Waals surface area contributed by atoms with Gasteiger partial charge < -0.3 is 15.4 Å². The summed E-state index contributed by atoms with van der Waals surface area (Å²) in [4.78, 5) is 13.7. The van der Waals surface area contributed by atoms with Crippen LogP contribution in [0.2, 0.25) is 5.02 Å². The highest BCUT2D eigenvalue weighted by Crippen LogP contribution is 2.23. The Morgan fingerprint density at radius 3 is 2.68 bits per heavy atom. The highest BCUT2D eigenvalue weighted by atomic mass is 35.5. The Hall–Kier alpha value is -0.970. The molecule has 0 radical (unpaired) electrons. The van der Waals surface area contributed by atoms with Crippen LogP contribution in [0.25, 0.3) is 0 Å². The van der Waals surface area contributed by atoms with Gasteiger partial charge in [0.05, 0.1) is 13.5 Å².